The molecular formula is C9H10N2O2S. The highest BCUT2D eigenvalue weighted by molar-refractivity contribution is 7.07. The molecule has 2 rings (SSSR count). The third kappa shape index (κ3) is 1.93. The van der Waals surface area contributed by atoms with Gasteiger partial charge in [0.05, 0.1) is 13.0 Å². The minimum absolute atomic E-state index is 0.0105. The normalized spacial score (nSPS) is 15.1. The predicted octanol–water partition coefficient (Wildman–Crippen LogP) is 0.554. The number of hydrogen-bond donors (Lipinski definition) is 1. The van der Waals surface area contributed by atoms with E-state index >= 15 is 0 Å². The van der Waals surface area contributed by atoms with Gasteiger partial charge in [-0.25, -0.2) is 0 Å². The van der Waals surface area contributed by atoms with Gasteiger partial charge in [-0.3, -0.25) is 20.0 Å². The molecule has 0 radical (unpaired) electrons. The molecule has 1 aliphatic heterocycles. The zero-order valence-corrected chi connectivity index (χ0v) is 8.34. The summed E-state index contributed by atoms with van der Waals surface area (Å²) in [5.74, 6) is -0.139. The summed E-state index contributed by atoms with van der Waals surface area (Å²) in [6, 6.07) is 1.90. The van der Waals surface area contributed by atoms with Crippen LogP contribution in [0.25, 0.3) is 0 Å². The zero-order chi connectivity index (χ0) is 9.97. The topological polar surface area (TPSA) is 49.4 Å². The molecule has 0 bridgehead atoms. The highest BCUT2D eigenvalue weighted by Gasteiger charge is 2.25. The fraction of sp³-hybridized carbons (Fsp3) is 0.333. The van der Waals surface area contributed by atoms with Gasteiger partial charge in [-0.15, -0.1) is 0 Å². The van der Waals surface area contributed by atoms with E-state index in [-0.39, 0.29) is 11.8 Å². The predicted molar refractivity (Wildman–Crippen MR) is 52.5 cm³/mol. The van der Waals surface area contributed by atoms with E-state index in [1.807, 2.05) is 16.8 Å². The molecule has 0 atom stereocenters. The fourth-order valence-corrected chi connectivity index (χ4v) is 1.87. The molecule has 2 heterocycles. The summed E-state index contributed by atoms with van der Waals surface area (Å²) in [6.07, 6.45) is 0.881. The average Bonchev–Trinajstić information content (AvgIpc) is 2.64. The summed E-state index contributed by atoms with van der Waals surface area (Å²) in [5, 5.41) is 5.21. The second kappa shape index (κ2) is 3.79. The van der Waals surface area contributed by atoms with E-state index in [1.165, 1.54) is 5.01 Å². The molecule has 1 aliphatic rings. The molecule has 1 saturated heterocycles. The molecule has 1 N–H and O–H groups in total. The zero-order valence-electron chi connectivity index (χ0n) is 7.53. The molecule has 1 aromatic rings. The van der Waals surface area contributed by atoms with E-state index < -0.39 is 0 Å². The lowest BCUT2D eigenvalue weighted by molar-refractivity contribution is -0.149. The first-order chi connectivity index (χ1) is 6.75. The van der Waals surface area contributed by atoms with E-state index in [0.717, 1.165) is 5.56 Å². The van der Waals surface area contributed by atoms with Crippen LogP contribution < -0.4 is 5.43 Å². The molecule has 0 aromatic carbocycles. The minimum Gasteiger partial charge on any atom is -0.273 e. The van der Waals surface area contributed by atoms with Crippen molar-refractivity contribution in [3.8, 4) is 0 Å². The molecule has 5 heteroatoms. The van der Waals surface area contributed by atoms with Crippen molar-refractivity contribution in [3.05, 3.63) is 22.4 Å². The number of nitrogens with one attached hydrogen (secondary N) is 1. The third-order valence-corrected chi connectivity index (χ3v) is 2.79. The first-order valence-corrected chi connectivity index (χ1v) is 5.31. The number of carbonyl (C=O) groups is 2. The van der Waals surface area contributed by atoms with Crippen LogP contribution in [0.5, 0.6) is 0 Å². The van der Waals surface area contributed by atoms with Gasteiger partial charge in [-0.1, -0.05) is 0 Å². The van der Waals surface area contributed by atoms with Gasteiger partial charge in [-0.05, 0) is 22.4 Å². The quantitative estimate of drug-likeness (QED) is 0.741. The molecule has 74 valence electrons. The number of nitrogens with zero attached hydrogens (tertiary/aromatic N) is 1. The Morgan fingerprint density at radius 1 is 1.64 bits per heavy atom. The number of amides is 2. The highest BCUT2D eigenvalue weighted by Crippen LogP contribution is 2.08. The Bertz CT molecular complexity index is 348. The van der Waals surface area contributed by atoms with E-state index in [4.69, 9.17) is 0 Å². The maximum atomic E-state index is 11.4. The molecule has 1 aromatic heterocycles. The van der Waals surface area contributed by atoms with Crippen molar-refractivity contribution in [2.45, 2.75) is 12.8 Å². The van der Waals surface area contributed by atoms with Gasteiger partial charge in [-0.2, -0.15) is 11.3 Å². The number of β-lactam (4-membered cyclic amide) rings is 1. The lowest BCUT2D eigenvalue weighted by Gasteiger charge is -2.30. The summed E-state index contributed by atoms with van der Waals surface area (Å²) in [6.45, 7) is 0.633. The Balaban J connectivity index is 1.82. The number of hydrazine groups is 1. The minimum atomic E-state index is -0.128. The molecule has 0 unspecified atom stereocenters. The van der Waals surface area contributed by atoms with Crippen molar-refractivity contribution < 1.29 is 9.59 Å². The first kappa shape index (κ1) is 9.21. The second-order valence-corrected chi connectivity index (χ2v) is 3.92. The van der Waals surface area contributed by atoms with Crippen LogP contribution in [0, 0.1) is 0 Å². The number of hydrogen-bond acceptors (Lipinski definition) is 3. The molecule has 4 nitrogen and oxygen atoms in total. The Morgan fingerprint density at radius 3 is 3.00 bits per heavy atom. The van der Waals surface area contributed by atoms with Crippen LogP contribution in [-0.4, -0.2) is 23.4 Å². The molecule has 0 aliphatic carbocycles. The van der Waals surface area contributed by atoms with Gasteiger partial charge < -0.3 is 0 Å². The number of thiophene rings is 1. The molecule has 1 fully saturated rings. The SMILES string of the molecule is O=C(Cc1ccsc1)NN1CCC1=O. The first-order valence-electron chi connectivity index (χ1n) is 4.36. The van der Waals surface area contributed by atoms with Crippen LogP contribution in [0.4, 0.5) is 0 Å². The Labute approximate surface area is 85.5 Å². The summed E-state index contributed by atoms with van der Waals surface area (Å²) in [4.78, 5) is 22.2. The fourth-order valence-electron chi connectivity index (χ4n) is 1.20. The number of carbonyl (C=O) groups excluding carboxylic acids is 2. The Hall–Kier alpha value is -1.36. The second-order valence-electron chi connectivity index (χ2n) is 3.14. The van der Waals surface area contributed by atoms with Crippen molar-refractivity contribution in [3.63, 3.8) is 0 Å². The van der Waals surface area contributed by atoms with Crippen LogP contribution in [0.15, 0.2) is 16.8 Å². The average molecular weight is 210 g/mol. The van der Waals surface area contributed by atoms with Crippen LogP contribution in [0.2, 0.25) is 0 Å². The van der Waals surface area contributed by atoms with Crippen LogP contribution in [0.1, 0.15) is 12.0 Å². The largest absolute Gasteiger partial charge is 0.273 e. The van der Waals surface area contributed by atoms with E-state index in [9.17, 15) is 9.59 Å². The van der Waals surface area contributed by atoms with Crippen LogP contribution in [0.3, 0.4) is 0 Å². The van der Waals surface area contributed by atoms with Crippen molar-refractivity contribution >= 4 is 23.2 Å². The monoisotopic (exact) mass is 210 g/mol. The van der Waals surface area contributed by atoms with Crippen molar-refractivity contribution in [1.82, 2.24) is 10.4 Å². The third-order valence-electron chi connectivity index (χ3n) is 2.05. The van der Waals surface area contributed by atoms with E-state index in [1.54, 1.807) is 11.3 Å². The summed E-state index contributed by atoms with van der Waals surface area (Å²) in [5.41, 5.74) is 3.54. The van der Waals surface area contributed by atoms with Crippen molar-refractivity contribution in [2.75, 3.05) is 6.54 Å². The van der Waals surface area contributed by atoms with Crippen molar-refractivity contribution in [1.29, 1.82) is 0 Å². The highest BCUT2D eigenvalue weighted by atomic mass is 32.1. The Morgan fingerprint density at radius 2 is 2.50 bits per heavy atom. The maximum Gasteiger partial charge on any atom is 0.243 e. The smallest absolute Gasteiger partial charge is 0.243 e. The summed E-state index contributed by atoms with van der Waals surface area (Å²) >= 11 is 1.56. The van der Waals surface area contributed by atoms with Gasteiger partial charge in [0.25, 0.3) is 0 Å². The number of rotatable bonds is 3. The maximum absolute atomic E-state index is 11.4. The van der Waals surface area contributed by atoms with Crippen LogP contribution >= 0.6 is 11.3 Å². The summed E-state index contributed by atoms with van der Waals surface area (Å²) < 4.78 is 0. The molecule has 2 amide bonds. The molecule has 0 spiro atoms. The molecular weight excluding hydrogens is 200 g/mol. The summed E-state index contributed by atoms with van der Waals surface area (Å²) in [7, 11) is 0. The standard InChI is InChI=1S/C9H10N2O2S/c12-8(5-7-2-4-14-6-7)10-11-3-1-9(11)13/h2,4,6H,1,3,5H2,(H,10,12). The van der Waals surface area contributed by atoms with Gasteiger partial charge in [0.2, 0.25) is 11.8 Å². The van der Waals surface area contributed by atoms with E-state index in [2.05, 4.69) is 5.43 Å². The van der Waals surface area contributed by atoms with E-state index in [0.29, 0.717) is 19.4 Å². The van der Waals surface area contributed by atoms with Gasteiger partial charge >= 0.3 is 0 Å². The molecule has 0 saturated carbocycles. The van der Waals surface area contributed by atoms with Gasteiger partial charge in [0, 0.05) is 6.42 Å². The lowest BCUT2D eigenvalue weighted by Crippen LogP contribution is -2.54. The van der Waals surface area contributed by atoms with Crippen molar-refractivity contribution in [2.24, 2.45) is 0 Å². The lowest BCUT2D eigenvalue weighted by atomic mass is 10.2. The van der Waals surface area contributed by atoms with Crippen LogP contribution in [-0.2, 0) is 16.0 Å². The van der Waals surface area contributed by atoms with Gasteiger partial charge in [0.1, 0.15) is 0 Å². The molecule has 14 heavy (non-hydrogen) atoms. The Kier molecular flexibility index (Phi) is 2.49. The van der Waals surface area contributed by atoms with Gasteiger partial charge in [0.15, 0.2) is 0 Å².